The third-order valence-electron chi connectivity index (χ3n) is 2.11. The number of hydrogen-bond donors (Lipinski definition) is 3. The van der Waals surface area contributed by atoms with Crippen LogP contribution in [-0.4, -0.2) is 33.6 Å². The Kier molecular flexibility index (Phi) is 12.1. The Morgan fingerprint density at radius 1 is 1.40 bits per heavy atom. The van der Waals surface area contributed by atoms with E-state index in [9.17, 15) is 23.9 Å². The van der Waals surface area contributed by atoms with Crippen LogP contribution in [0.4, 0.5) is 0 Å². The Labute approximate surface area is 158 Å². The van der Waals surface area contributed by atoms with Gasteiger partial charge in [0.15, 0.2) is 0 Å². The molecule has 1 aromatic rings. The molecule has 0 radical (unpaired) electrons. The van der Waals surface area contributed by atoms with E-state index in [1.54, 1.807) is 0 Å². The van der Waals surface area contributed by atoms with Gasteiger partial charge in [-0.2, -0.15) is 0 Å². The van der Waals surface area contributed by atoms with Gasteiger partial charge in [-0.1, -0.05) is 7.60 Å². The number of H-pyrrole nitrogens is 1. The van der Waals surface area contributed by atoms with Crippen LogP contribution >= 0.6 is 7.60 Å². The van der Waals surface area contributed by atoms with Crippen LogP contribution in [0.15, 0.2) is 21.9 Å². The van der Waals surface area contributed by atoms with E-state index in [1.807, 2.05) is 4.98 Å². The fraction of sp³-hybridized carbons (Fsp3) is 0.500. The van der Waals surface area contributed by atoms with Gasteiger partial charge in [0.1, 0.15) is 0 Å². The molecule has 0 fully saturated rings. The standard InChI is InChI=1S/C8H14N3O6P.2Na/c12-4-6(9-5-18(15,16)17)3-11-2-1-7(13)10-8(11)14;;/h1-2,6,9,12H,3-5H2,(H,10,13,14)(H2,15,16,17);;/q;2*+1/p-2. The average Bonchev–Trinajstić information content (AvgIpc) is 2.25. The number of aliphatic hydroxyl groups is 1. The van der Waals surface area contributed by atoms with Gasteiger partial charge in [0.25, 0.3) is 5.56 Å². The van der Waals surface area contributed by atoms with Crippen molar-refractivity contribution in [3.63, 3.8) is 0 Å². The number of aromatic nitrogens is 2. The fourth-order valence-corrected chi connectivity index (χ4v) is 1.73. The Balaban J connectivity index is 0. The second kappa shape index (κ2) is 10.5. The molecule has 0 amide bonds. The predicted octanol–water partition coefficient (Wildman–Crippen LogP) is -9.63. The summed E-state index contributed by atoms with van der Waals surface area (Å²) < 4.78 is 11.5. The summed E-state index contributed by atoms with van der Waals surface area (Å²) in [6.45, 7) is -0.544. The number of aromatic amines is 1. The molecule has 0 aliphatic heterocycles. The van der Waals surface area contributed by atoms with Crippen molar-refractivity contribution in [3.05, 3.63) is 33.1 Å². The first-order valence-corrected chi connectivity index (χ1v) is 6.70. The normalized spacial score (nSPS) is 12.2. The molecule has 0 aliphatic rings. The van der Waals surface area contributed by atoms with Gasteiger partial charge in [0, 0.05) is 31.1 Å². The summed E-state index contributed by atoms with van der Waals surface area (Å²) in [6, 6.07) is 0.326. The molecular weight excluding hydrogens is 311 g/mol. The Morgan fingerprint density at radius 2 is 2.00 bits per heavy atom. The fourth-order valence-electron chi connectivity index (χ4n) is 1.25. The summed E-state index contributed by atoms with van der Waals surface area (Å²) in [4.78, 5) is 45.0. The van der Waals surface area contributed by atoms with Crippen LogP contribution in [0.2, 0.25) is 0 Å². The average molecular weight is 323 g/mol. The zero-order valence-corrected chi connectivity index (χ0v) is 16.1. The molecule has 1 unspecified atom stereocenters. The van der Waals surface area contributed by atoms with E-state index in [1.165, 1.54) is 6.20 Å². The third-order valence-corrected chi connectivity index (χ3v) is 2.68. The van der Waals surface area contributed by atoms with E-state index in [0.29, 0.717) is 0 Å². The minimum Gasteiger partial charge on any atom is -0.810 e. The zero-order chi connectivity index (χ0) is 13.8. The van der Waals surface area contributed by atoms with Crippen molar-refractivity contribution >= 4 is 7.60 Å². The molecule has 0 bridgehead atoms. The minimum absolute atomic E-state index is 0. The molecule has 1 rings (SSSR count). The third kappa shape index (κ3) is 8.91. The van der Waals surface area contributed by atoms with Crippen LogP contribution in [0, 0.1) is 0 Å². The van der Waals surface area contributed by atoms with Crippen LogP contribution < -0.4 is 85.5 Å². The molecule has 20 heavy (non-hydrogen) atoms. The number of aliphatic hydroxyl groups excluding tert-OH is 1. The van der Waals surface area contributed by atoms with E-state index in [0.717, 1.165) is 10.6 Å². The van der Waals surface area contributed by atoms with Gasteiger partial charge in [0.2, 0.25) is 0 Å². The molecule has 12 heteroatoms. The first-order valence-electron chi connectivity index (χ1n) is 4.97. The van der Waals surface area contributed by atoms with Gasteiger partial charge >= 0.3 is 64.8 Å². The molecule has 1 atom stereocenters. The van der Waals surface area contributed by atoms with Crippen LogP contribution in [0.1, 0.15) is 0 Å². The molecule has 9 nitrogen and oxygen atoms in total. The van der Waals surface area contributed by atoms with Crippen LogP contribution in [0.3, 0.4) is 0 Å². The molecule has 0 saturated carbocycles. The number of nitrogens with one attached hydrogen (secondary N) is 2. The van der Waals surface area contributed by atoms with Crippen molar-refractivity contribution in [2.75, 3.05) is 12.9 Å². The summed E-state index contributed by atoms with van der Waals surface area (Å²) in [5.41, 5.74) is -1.25. The summed E-state index contributed by atoms with van der Waals surface area (Å²) in [7, 11) is -4.72. The van der Waals surface area contributed by atoms with Gasteiger partial charge < -0.3 is 24.8 Å². The smallest absolute Gasteiger partial charge is 0.810 e. The monoisotopic (exact) mass is 323 g/mol. The van der Waals surface area contributed by atoms with E-state index in [-0.39, 0.29) is 65.7 Å². The summed E-state index contributed by atoms with van der Waals surface area (Å²) in [6.07, 6.45) is 0.385. The van der Waals surface area contributed by atoms with Crippen molar-refractivity contribution in [2.24, 2.45) is 0 Å². The van der Waals surface area contributed by atoms with Crippen molar-refractivity contribution < 1.29 is 78.6 Å². The maximum absolute atomic E-state index is 11.3. The van der Waals surface area contributed by atoms with E-state index < -0.39 is 37.8 Å². The van der Waals surface area contributed by atoms with Crippen LogP contribution in [-0.2, 0) is 11.1 Å². The quantitative estimate of drug-likeness (QED) is 0.347. The molecule has 0 aromatic carbocycles. The molecule has 1 heterocycles. The number of hydrogen-bond acceptors (Lipinski definition) is 7. The second-order valence-corrected chi connectivity index (χ2v) is 5.15. The molecular formula is C8H12N3Na2O6P. The van der Waals surface area contributed by atoms with Gasteiger partial charge in [-0.3, -0.25) is 14.3 Å². The molecule has 102 valence electrons. The van der Waals surface area contributed by atoms with Gasteiger partial charge in [-0.15, -0.1) is 0 Å². The van der Waals surface area contributed by atoms with Crippen molar-refractivity contribution in [3.8, 4) is 0 Å². The van der Waals surface area contributed by atoms with Gasteiger partial charge in [-0.25, -0.2) is 4.79 Å². The number of nitrogens with zero attached hydrogens (tertiary/aromatic N) is 1. The van der Waals surface area contributed by atoms with Crippen molar-refractivity contribution in [1.29, 1.82) is 0 Å². The Bertz CT molecular complexity index is 556. The first kappa shape index (κ1) is 23.0. The SMILES string of the molecule is O=c1ccn(CC(CO)NCP(=O)([O-])[O-])c(=O)[nH]1.[Na+].[Na+]. The van der Waals surface area contributed by atoms with Crippen molar-refractivity contribution in [1.82, 2.24) is 14.9 Å². The number of rotatable bonds is 6. The molecule has 0 aliphatic carbocycles. The van der Waals surface area contributed by atoms with Crippen LogP contribution in [0.5, 0.6) is 0 Å². The molecule has 0 spiro atoms. The van der Waals surface area contributed by atoms with E-state index in [2.05, 4.69) is 5.32 Å². The summed E-state index contributed by atoms with van der Waals surface area (Å²) >= 11 is 0. The molecule has 1 aromatic heterocycles. The maximum atomic E-state index is 11.3. The van der Waals surface area contributed by atoms with Crippen LogP contribution in [0.25, 0.3) is 0 Å². The Morgan fingerprint density at radius 3 is 2.45 bits per heavy atom. The van der Waals surface area contributed by atoms with Gasteiger partial charge in [-0.05, 0) is 0 Å². The maximum Gasteiger partial charge on any atom is 1.00 e. The summed E-state index contributed by atoms with van der Waals surface area (Å²) in [5.74, 6) is 0. The summed E-state index contributed by atoms with van der Waals surface area (Å²) in [5, 5.41) is 11.3. The Hall–Kier alpha value is 0.750. The topological polar surface area (TPSA) is 150 Å². The molecule has 0 saturated heterocycles. The van der Waals surface area contributed by atoms with E-state index in [4.69, 9.17) is 5.11 Å². The largest absolute Gasteiger partial charge is 1.00 e. The minimum atomic E-state index is -4.72. The van der Waals surface area contributed by atoms with Gasteiger partial charge in [0.05, 0.1) is 6.61 Å². The van der Waals surface area contributed by atoms with Crippen molar-refractivity contribution in [2.45, 2.75) is 12.6 Å². The van der Waals surface area contributed by atoms with E-state index >= 15 is 0 Å². The zero-order valence-electron chi connectivity index (χ0n) is 11.2. The predicted molar refractivity (Wildman–Crippen MR) is 57.8 cm³/mol. The molecule has 3 N–H and O–H groups in total. The second-order valence-electron chi connectivity index (χ2n) is 3.62. The first-order chi connectivity index (χ1) is 8.31.